The number of aliphatic imine (C=N–C) groups is 1. The zero-order valence-electron chi connectivity index (χ0n) is 8.11. The standard InChI is InChI=1S/C7H13N.C3H5NO/c1-4-8-5-2-7(1)3-6-8;1-2-5-3-4-1/h7H,1-6H2;1H,2-3H2. The van der Waals surface area contributed by atoms with Gasteiger partial charge in [0.1, 0.15) is 6.73 Å². The number of ether oxygens (including phenoxy) is 1. The maximum Gasteiger partial charge on any atom is 0.137 e. The van der Waals surface area contributed by atoms with Gasteiger partial charge in [-0.2, -0.15) is 0 Å². The molecule has 4 aliphatic rings. The average Bonchev–Trinajstić information content (AvgIpc) is 2.79. The van der Waals surface area contributed by atoms with E-state index in [4.69, 9.17) is 4.74 Å². The molecule has 0 radical (unpaired) electrons. The minimum Gasteiger partial charge on any atom is -0.354 e. The number of hydrogen-bond acceptors (Lipinski definition) is 3. The SMILES string of the molecule is C1=NCOC1.C1CN2CCC1CC2. The summed E-state index contributed by atoms with van der Waals surface area (Å²) in [6.07, 6.45) is 6.22. The molecule has 0 aromatic carbocycles. The normalized spacial score (nSPS) is 35.7. The van der Waals surface area contributed by atoms with Crippen LogP contribution in [0.5, 0.6) is 0 Å². The Labute approximate surface area is 79.8 Å². The Morgan fingerprint density at radius 1 is 1.15 bits per heavy atom. The first-order valence-corrected chi connectivity index (χ1v) is 5.23. The highest BCUT2D eigenvalue weighted by Gasteiger charge is 2.24. The summed E-state index contributed by atoms with van der Waals surface area (Å²) in [6, 6.07) is 0. The van der Waals surface area contributed by atoms with Crippen LogP contribution < -0.4 is 0 Å². The fraction of sp³-hybridized carbons (Fsp3) is 0.900. The van der Waals surface area contributed by atoms with Crippen molar-refractivity contribution in [1.29, 1.82) is 0 Å². The van der Waals surface area contributed by atoms with E-state index in [2.05, 4.69) is 9.89 Å². The molecule has 74 valence electrons. The third kappa shape index (κ3) is 2.78. The van der Waals surface area contributed by atoms with Crippen LogP contribution in [0.3, 0.4) is 0 Å². The highest BCUT2D eigenvalue weighted by atomic mass is 16.5. The topological polar surface area (TPSA) is 24.8 Å². The van der Waals surface area contributed by atoms with E-state index in [9.17, 15) is 0 Å². The first-order valence-electron chi connectivity index (χ1n) is 5.23. The summed E-state index contributed by atoms with van der Waals surface area (Å²) in [6.45, 7) is 5.46. The Morgan fingerprint density at radius 2 is 1.85 bits per heavy atom. The van der Waals surface area contributed by atoms with Crippen molar-refractivity contribution in [3.05, 3.63) is 0 Å². The van der Waals surface area contributed by atoms with E-state index in [-0.39, 0.29) is 0 Å². The van der Waals surface area contributed by atoms with Crippen molar-refractivity contribution in [3.63, 3.8) is 0 Å². The monoisotopic (exact) mass is 182 g/mol. The number of hydrogen-bond donors (Lipinski definition) is 0. The van der Waals surface area contributed by atoms with E-state index in [0.29, 0.717) is 13.3 Å². The van der Waals surface area contributed by atoms with Gasteiger partial charge in [-0.05, 0) is 44.8 Å². The molecule has 4 heterocycles. The first-order chi connectivity index (χ1) is 6.45. The molecule has 13 heavy (non-hydrogen) atoms. The lowest BCUT2D eigenvalue weighted by Crippen LogP contribution is -2.41. The third-order valence-electron chi connectivity index (χ3n) is 3.05. The summed E-state index contributed by atoms with van der Waals surface area (Å²) in [5.41, 5.74) is 0. The smallest absolute Gasteiger partial charge is 0.137 e. The molecular formula is C10H18N2O. The van der Waals surface area contributed by atoms with Crippen LogP contribution in [0.2, 0.25) is 0 Å². The lowest BCUT2D eigenvalue weighted by molar-refractivity contribution is 0.111. The number of nitrogens with zero attached hydrogens (tertiary/aromatic N) is 2. The van der Waals surface area contributed by atoms with Gasteiger partial charge < -0.3 is 9.64 Å². The summed E-state index contributed by atoms with van der Waals surface area (Å²) in [5.74, 6) is 1.11. The van der Waals surface area contributed by atoms with Crippen LogP contribution in [0, 0.1) is 5.92 Å². The van der Waals surface area contributed by atoms with Crippen molar-refractivity contribution in [2.45, 2.75) is 19.3 Å². The van der Waals surface area contributed by atoms with E-state index in [1.54, 1.807) is 6.21 Å². The van der Waals surface area contributed by atoms with Crippen LogP contribution in [-0.4, -0.2) is 44.1 Å². The van der Waals surface area contributed by atoms with Crippen molar-refractivity contribution >= 4 is 6.21 Å². The van der Waals surface area contributed by atoms with Crippen molar-refractivity contribution in [1.82, 2.24) is 4.90 Å². The molecule has 0 aromatic rings. The number of fused-ring (bicyclic) bond motifs is 3. The minimum atomic E-state index is 0.569. The molecule has 3 nitrogen and oxygen atoms in total. The van der Waals surface area contributed by atoms with Crippen LogP contribution >= 0.6 is 0 Å². The van der Waals surface area contributed by atoms with Gasteiger partial charge in [0.2, 0.25) is 0 Å². The van der Waals surface area contributed by atoms with Gasteiger partial charge in [0.25, 0.3) is 0 Å². The quantitative estimate of drug-likeness (QED) is 0.561. The van der Waals surface area contributed by atoms with Gasteiger partial charge in [0, 0.05) is 6.21 Å². The van der Waals surface area contributed by atoms with E-state index < -0.39 is 0 Å². The second-order valence-corrected chi connectivity index (χ2v) is 3.94. The van der Waals surface area contributed by atoms with Gasteiger partial charge in [-0.25, -0.2) is 0 Å². The molecule has 0 N–H and O–H groups in total. The van der Waals surface area contributed by atoms with Crippen molar-refractivity contribution < 1.29 is 4.74 Å². The Bertz CT molecular complexity index is 145. The van der Waals surface area contributed by atoms with Crippen molar-refractivity contribution in [2.24, 2.45) is 10.9 Å². The summed E-state index contributed by atoms with van der Waals surface area (Å²) in [5, 5.41) is 0. The van der Waals surface area contributed by atoms with E-state index in [1.807, 2.05) is 0 Å². The van der Waals surface area contributed by atoms with Crippen LogP contribution in [-0.2, 0) is 4.74 Å². The first kappa shape index (κ1) is 9.16. The molecule has 0 saturated carbocycles. The second kappa shape index (κ2) is 4.72. The highest BCUT2D eigenvalue weighted by molar-refractivity contribution is 5.59. The largest absolute Gasteiger partial charge is 0.354 e. The highest BCUT2D eigenvalue weighted by Crippen LogP contribution is 2.26. The summed E-state index contributed by atoms with van der Waals surface area (Å²) in [4.78, 5) is 6.32. The molecule has 0 unspecified atom stereocenters. The van der Waals surface area contributed by atoms with Gasteiger partial charge in [-0.1, -0.05) is 0 Å². The maximum absolute atomic E-state index is 4.72. The fourth-order valence-corrected chi connectivity index (χ4v) is 2.13. The summed E-state index contributed by atoms with van der Waals surface area (Å²) < 4.78 is 4.72. The molecule has 4 aliphatic heterocycles. The van der Waals surface area contributed by atoms with Gasteiger partial charge in [0.05, 0.1) is 6.61 Å². The van der Waals surface area contributed by atoms with Gasteiger partial charge in [-0.3, -0.25) is 4.99 Å². The molecule has 2 bridgehead atoms. The maximum atomic E-state index is 4.72. The molecule has 3 saturated heterocycles. The van der Waals surface area contributed by atoms with Crippen LogP contribution in [0.1, 0.15) is 19.3 Å². The van der Waals surface area contributed by atoms with Gasteiger partial charge in [0.15, 0.2) is 0 Å². The second-order valence-electron chi connectivity index (χ2n) is 3.94. The number of rotatable bonds is 0. The molecule has 0 amide bonds. The minimum absolute atomic E-state index is 0.569. The molecule has 3 heteroatoms. The molecule has 4 rings (SSSR count). The van der Waals surface area contributed by atoms with Crippen LogP contribution in [0.25, 0.3) is 0 Å². The lowest BCUT2D eigenvalue weighted by atomic mass is 9.89. The predicted molar refractivity (Wildman–Crippen MR) is 53.1 cm³/mol. The average molecular weight is 182 g/mol. The molecule has 0 aromatic heterocycles. The Hall–Kier alpha value is -0.410. The van der Waals surface area contributed by atoms with Crippen molar-refractivity contribution in [3.8, 4) is 0 Å². The Kier molecular flexibility index (Phi) is 3.33. The Morgan fingerprint density at radius 3 is 2.00 bits per heavy atom. The summed E-state index contributed by atoms with van der Waals surface area (Å²) in [7, 11) is 0. The third-order valence-corrected chi connectivity index (χ3v) is 3.05. The van der Waals surface area contributed by atoms with Crippen LogP contribution in [0.15, 0.2) is 4.99 Å². The van der Waals surface area contributed by atoms with Gasteiger partial charge >= 0.3 is 0 Å². The molecule has 3 fully saturated rings. The molecule has 0 atom stereocenters. The fourth-order valence-electron chi connectivity index (χ4n) is 2.13. The zero-order chi connectivity index (χ0) is 8.93. The van der Waals surface area contributed by atoms with E-state index in [1.165, 1.54) is 38.9 Å². The Balaban J connectivity index is 0.000000113. The molecule has 0 spiro atoms. The van der Waals surface area contributed by atoms with Crippen molar-refractivity contribution in [2.75, 3.05) is 33.0 Å². The van der Waals surface area contributed by atoms with Gasteiger partial charge in [-0.15, -0.1) is 0 Å². The number of piperidine rings is 3. The molecule has 0 aliphatic carbocycles. The predicted octanol–water partition coefficient (Wildman–Crippen LogP) is 1.15. The molecular weight excluding hydrogens is 164 g/mol. The lowest BCUT2D eigenvalue weighted by Gasteiger charge is -2.38. The van der Waals surface area contributed by atoms with Crippen LogP contribution in [0.4, 0.5) is 0 Å². The zero-order valence-corrected chi connectivity index (χ0v) is 8.11. The van der Waals surface area contributed by atoms with E-state index in [0.717, 1.165) is 5.92 Å². The van der Waals surface area contributed by atoms with E-state index >= 15 is 0 Å². The summed E-state index contributed by atoms with van der Waals surface area (Å²) >= 11 is 0.